The standard InChI is InChI=1S/C10H10N4O2/c1-16-10-3-2-8(4-9(10)15)5-13-14-6-11-12-7-14/h2-7,15H,1H3/b13-5+. The zero-order chi connectivity index (χ0) is 11.4. The fraction of sp³-hybridized carbons (Fsp3) is 0.100. The smallest absolute Gasteiger partial charge is 0.160 e. The van der Waals surface area contributed by atoms with Crippen molar-refractivity contribution in [3.63, 3.8) is 0 Å². The van der Waals surface area contributed by atoms with Gasteiger partial charge in [0.1, 0.15) is 12.7 Å². The van der Waals surface area contributed by atoms with Crippen molar-refractivity contribution in [3.05, 3.63) is 36.4 Å². The third-order valence-corrected chi connectivity index (χ3v) is 1.95. The molecule has 0 aliphatic heterocycles. The molecule has 82 valence electrons. The van der Waals surface area contributed by atoms with Crippen LogP contribution in [0.15, 0.2) is 36.0 Å². The zero-order valence-electron chi connectivity index (χ0n) is 8.61. The number of hydrogen-bond acceptors (Lipinski definition) is 5. The van der Waals surface area contributed by atoms with Gasteiger partial charge in [0.05, 0.1) is 13.3 Å². The van der Waals surface area contributed by atoms with Crippen molar-refractivity contribution in [2.75, 3.05) is 7.11 Å². The second-order valence-electron chi connectivity index (χ2n) is 3.02. The van der Waals surface area contributed by atoms with Gasteiger partial charge in [-0.05, 0) is 23.8 Å². The van der Waals surface area contributed by atoms with E-state index in [0.29, 0.717) is 5.75 Å². The molecule has 0 radical (unpaired) electrons. The highest BCUT2D eigenvalue weighted by Gasteiger charge is 2.00. The molecule has 1 aromatic heterocycles. The molecular formula is C10H10N4O2. The van der Waals surface area contributed by atoms with Gasteiger partial charge in [0.25, 0.3) is 0 Å². The van der Waals surface area contributed by atoms with E-state index in [0.717, 1.165) is 5.56 Å². The van der Waals surface area contributed by atoms with Crippen LogP contribution in [0.4, 0.5) is 0 Å². The van der Waals surface area contributed by atoms with E-state index in [1.54, 1.807) is 24.4 Å². The number of hydrogen-bond donors (Lipinski definition) is 1. The summed E-state index contributed by atoms with van der Waals surface area (Å²) in [4.78, 5) is 0. The Labute approximate surface area is 91.8 Å². The molecule has 2 rings (SSSR count). The summed E-state index contributed by atoms with van der Waals surface area (Å²) in [6, 6.07) is 5.02. The molecule has 0 fully saturated rings. The fourth-order valence-electron chi connectivity index (χ4n) is 1.18. The van der Waals surface area contributed by atoms with Crippen molar-refractivity contribution >= 4 is 6.21 Å². The molecule has 0 saturated carbocycles. The number of methoxy groups -OCH3 is 1. The number of nitrogens with zero attached hydrogens (tertiary/aromatic N) is 4. The molecule has 0 spiro atoms. The Balaban J connectivity index is 2.19. The highest BCUT2D eigenvalue weighted by molar-refractivity contribution is 5.80. The van der Waals surface area contributed by atoms with Crippen LogP contribution in [0.25, 0.3) is 0 Å². The average molecular weight is 218 g/mol. The second-order valence-corrected chi connectivity index (χ2v) is 3.02. The van der Waals surface area contributed by atoms with Crippen LogP contribution in [0.1, 0.15) is 5.56 Å². The molecular weight excluding hydrogens is 208 g/mol. The SMILES string of the molecule is COc1ccc(/C=N/n2cnnc2)cc1O. The lowest BCUT2D eigenvalue weighted by atomic mass is 10.2. The first-order chi connectivity index (χ1) is 7.79. The van der Waals surface area contributed by atoms with Gasteiger partial charge in [0.15, 0.2) is 11.5 Å². The molecule has 6 heteroatoms. The Hall–Kier alpha value is -2.37. The molecule has 6 nitrogen and oxygen atoms in total. The molecule has 1 N–H and O–H groups in total. The molecule has 1 aromatic carbocycles. The molecule has 0 aliphatic carbocycles. The number of phenols is 1. The van der Waals surface area contributed by atoms with Crippen LogP contribution in [0.5, 0.6) is 11.5 Å². The maximum atomic E-state index is 9.53. The fourth-order valence-corrected chi connectivity index (χ4v) is 1.18. The van der Waals surface area contributed by atoms with Gasteiger partial charge in [-0.1, -0.05) is 0 Å². The molecule has 0 atom stereocenters. The Morgan fingerprint density at radius 2 is 2.12 bits per heavy atom. The Kier molecular flexibility index (Phi) is 2.81. The van der Waals surface area contributed by atoms with Crippen molar-refractivity contribution in [2.24, 2.45) is 5.10 Å². The zero-order valence-corrected chi connectivity index (χ0v) is 8.61. The Morgan fingerprint density at radius 3 is 2.75 bits per heavy atom. The second kappa shape index (κ2) is 4.43. The first-order valence-corrected chi connectivity index (χ1v) is 4.55. The van der Waals surface area contributed by atoms with Crippen LogP contribution in [0, 0.1) is 0 Å². The molecule has 0 amide bonds. The van der Waals surface area contributed by atoms with Crippen LogP contribution < -0.4 is 4.74 Å². The van der Waals surface area contributed by atoms with E-state index >= 15 is 0 Å². The summed E-state index contributed by atoms with van der Waals surface area (Å²) in [7, 11) is 1.50. The summed E-state index contributed by atoms with van der Waals surface area (Å²) in [5.41, 5.74) is 0.756. The molecule has 0 bridgehead atoms. The van der Waals surface area contributed by atoms with Crippen molar-refractivity contribution < 1.29 is 9.84 Å². The minimum atomic E-state index is 0.0789. The van der Waals surface area contributed by atoms with Crippen LogP contribution in [-0.4, -0.2) is 33.3 Å². The lowest BCUT2D eigenvalue weighted by molar-refractivity contribution is 0.373. The van der Waals surface area contributed by atoms with Crippen molar-refractivity contribution in [3.8, 4) is 11.5 Å². The van der Waals surface area contributed by atoms with E-state index in [-0.39, 0.29) is 5.75 Å². The highest BCUT2D eigenvalue weighted by Crippen LogP contribution is 2.25. The lowest BCUT2D eigenvalue weighted by Crippen LogP contribution is -1.89. The number of aromatic nitrogens is 3. The van der Waals surface area contributed by atoms with Gasteiger partial charge in [-0.3, -0.25) is 0 Å². The summed E-state index contributed by atoms with van der Waals surface area (Å²) in [6.07, 6.45) is 4.53. The highest BCUT2D eigenvalue weighted by atomic mass is 16.5. The van der Waals surface area contributed by atoms with E-state index in [1.807, 2.05) is 0 Å². The van der Waals surface area contributed by atoms with E-state index in [9.17, 15) is 5.11 Å². The monoisotopic (exact) mass is 218 g/mol. The normalized spacial score (nSPS) is 10.8. The third-order valence-electron chi connectivity index (χ3n) is 1.95. The number of phenolic OH excluding ortho intramolecular Hbond substituents is 1. The summed E-state index contributed by atoms with van der Waals surface area (Å²) < 4.78 is 6.39. The van der Waals surface area contributed by atoms with Crippen LogP contribution >= 0.6 is 0 Å². The van der Waals surface area contributed by atoms with Crippen LogP contribution in [-0.2, 0) is 0 Å². The van der Waals surface area contributed by atoms with Gasteiger partial charge in [0.2, 0.25) is 0 Å². The molecule has 0 unspecified atom stereocenters. The van der Waals surface area contributed by atoms with E-state index in [1.165, 1.54) is 24.4 Å². The third kappa shape index (κ3) is 2.17. The van der Waals surface area contributed by atoms with E-state index in [4.69, 9.17) is 4.74 Å². The summed E-state index contributed by atoms with van der Waals surface area (Å²) in [5, 5.41) is 20.8. The first kappa shape index (κ1) is 10.2. The molecule has 0 aliphatic rings. The quantitative estimate of drug-likeness (QED) is 0.776. The summed E-state index contributed by atoms with van der Waals surface area (Å²) in [6.45, 7) is 0. The molecule has 1 heterocycles. The topological polar surface area (TPSA) is 72.5 Å². The predicted molar refractivity (Wildman–Crippen MR) is 57.7 cm³/mol. The van der Waals surface area contributed by atoms with Gasteiger partial charge in [-0.2, -0.15) is 5.10 Å². The van der Waals surface area contributed by atoms with Gasteiger partial charge in [0, 0.05) is 0 Å². The largest absolute Gasteiger partial charge is 0.504 e. The van der Waals surface area contributed by atoms with Crippen molar-refractivity contribution in [1.29, 1.82) is 0 Å². The summed E-state index contributed by atoms with van der Waals surface area (Å²) >= 11 is 0. The number of aromatic hydroxyl groups is 1. The van der Waals surface area contributed by atoms with E-state index < -0.39 is 0 Å². The average Bonchev–Trinajstić information content (AvgIpc) is 2.79. The number of rotatable bonds is 3. The van der Waals surface area contributed by atoms with E-state index in [2.05, 4.69) is 15.3 Å². The Bertz CT molecular complexity index is 494. The minimum absolute atomic E-state index is 0.0789. The van der Waals surface area contributed by atoms with Crippen molar-refractivity contribution in [2.45, 2.75) is 0 Å². The lowest BCUT2D eigenvalue weighted by Gasteiger charge is -2.02. The Morgan fingerprint density at radius 1 is 1.38 bits per heavy atom. The summed E-state index contributed by atoms with van der Waals surface area (Å²) in [5.74, 6) is 0.511. The molecule has 16 heavy (non-hydrogen) atoms. The molecule has 0 saturated heterocycles. The van der Waals surface area contributed by atoms with Crippen molar-refractivity contribution in [1.82, 2.24) is 14.9 Å². The number of ether oxygens (including phenoxy) is 1. The van der Waals surface area contributed by atoms with Gasteiger partial charge in [-0.25, -0.2) is 4.68 Å². The van der Waals surface area contributed by atoms with Crippen LogP contribution in [0.2, 0.25) is 0 Å². The maximum absolute atomic E-state index is 9.53. The van der Waals surface area contributed by atoms with Gasteiger partial charge >= 0.3 is 0 Å². The first-order valence-electron chi connectivity index (χ1n) is 4.55. The number of benzene rings is 1. The van der Waals surface area contributed by atoms with Gasteiger partial charge in [-0.15, -0.1) is 10.2 Å². The van der Waals surface area contributed by atoms with Crippen LogP contribution in [0.3, 0.4) is 0 Å². The predicted octanol–water partition coefficient (Wildman–Crippen LogP) is 0.874. The molecule has 2 aromatic rings. The van der Waals surface area contributed by atoms with Gasteiger partial charge < -0.3 is 9.84 Å². The minimum Gasteiger partial charge on any atom is -0.504 e. The maximum Gasteiger partial charge on any atom is 0.160 e.